The number of rotatable bonds is 9. The van der Waals surface area contributed by atoms with Gasteiger partial charge in [-0.3, -0.25) is 14.3 Å². The molecule has 0 amide bonds. The summed E-state index contributed by atoms with van der Waals surface area (Å²) in [4.78, 5) is 27.2. The van der Waals surface area contributed by atoms with Crippen LogP contribution in [0.5, 0.6) is 11.5 Å². The summed E-state index contributed by atoms with van der Waals surface area (Å²) in [5, 5.41) is 11.6. The van der Waals surface area contributed by atoms with Crippen molar-refractivity contribution in [1.82, 2.24) is 9.55 Å². The van der Waals surface area contributed by atoms with Gasteiger partial charge in [0.05, 0.1) is 46.1 Å². The van der Waals surface area contributed by atoms with E-state index in [4.69, 9.17) is 23.7 Å². The number of aromatic amines is 1. The minimum atomic E-state index is -1.30. The van der Waals surface area contributed by atoms with E-state index in [0.29, 0.717) is 17.1 Å². The van der Waals surface area contributed by atoms with Crippen LogP contribution in [0.15, 0.2) is 94.6 Å². The van der Waals surface area contributed by atoms with Crippen LogP contribution >= 0.6 is 0 Å². The number of H-pyrrole nitrogens is 1. The second-order valence-electron chi connectivity index (χ2n) is 11.0. The zero-order chi connectivity index (χ0) is 30.2. The van der Waals surface area contributed by atoms with Crippen LogP contribution < -0.4 is 20.7 Å². The summed E-state index contributed by atoms with van der Waals surface area (Å²) >= 11 is 0. The Morgan fingerprint density at radius 2 is 1.51 bits per heavy atom. The number of ether oxygens (including phenoxy) is 5. The summed E-state index contributed by atoms with van der Waals surface area (Å²) in [6.07, 6.45) is -0.417. The summed E-state index contributed by atoms with van der Waals surface area (Å²) in [7, 11) is 3.23. The van der Waals surface area contributed by atoms with Crippen LogP contribution in [0.2, 0.25) is 0 Å². The number of aromatic nitrogens is 2. The van der Waals surface area contributed by atoms with Gasteiger partial charge in [0.15, 0.2) is 0 Å². The van der Waals surface area contributed by atoms with Crippen LogP contribution in [0, 0.1) is 12.8 Å². The molecule has 2 saturated heterocycles. The van der Waals surface area contributed by atoms with Crippen molar-refractivity contribution in [3.8, 4) is 11.5 Å². The molecule has 6 rings (SSSR count). The fourth-order valence-electron chi connectivity index (χ4n) is 6.11. The van der Waals surface area contributed by atoms with E-state index in [1.54, 1.807) is 21.1 Å². The summed E-state index contributed by atoms with van der Waals surface area (Å²) in [5.74, 6) is 0.830. The highest BCUT2D eigenvalue weighted by Gasteiger charge is 2.59. The molecule has 0 saturated carbocycles. The van der Waals surface area contributed by atoms with E-state index in [-0.39, 0.29) is 19.8 Å². The lowest BCUT2D eigenvalue weighted by atomic mass is 9.79. The maximum atomic E-state index is 12.8. The van der Waals surface area contributed by atoms with E-state index in [9.17, 15) is 14.7 Å². The van der Waals surface area contributed by atoms with Gasteiger partial charge in [-0.2, -0.15) is 0 Å². The van der Waals surface area contributed by atoms with Gasteiger partial charge in [0.2, 0.25) is 0 Å². The van der Waals surface area contributed by atoms with Crippen LogP contribution in [-0.4, -0.2) is 60.4 Å². The van der Waals surface area contributed by atoms with Crippen LogP contribution in [0.1, 0.15) is 28.5 Å². The molecule has 2 N–H and O–H groups in total. The number of aliphatic hydroxyl groups is 1. The standard InChI is InChI=1S/C33H34N2O8/c1-21-17-35(31(38)34-29(21)37)30-27-18-41-19-32(43-30,28(27)36)20-42-33(22-7-5-4-6-8-22,23-9-13-25(39-2)14-10-23)24-11-15-26(40-3)16-12-24/h4-17,27-28,30,36H,18-20H2,1-3H3,(H,34,37,38)/t27-,28+,30-,32-/m1/s1. The Morgan fingerprint density at radius 3 is 2.09 bits per heavy atom. The SMILES string of the molecule is COc1ccc(C(OC[C@@]23COC[C@@H]([C@H](n4cc(C)c(=O)[nH]c4=O)O2)[C@@H]3O)(c2ccccc2)c2ccc(OC)cc2)cc1. The van der Waals surface area contributed by atoms with E-state index < -0.39 is 40.7 Å². The highest BCUT2D eigenvalue weighted by Crippen LogP contribution is 2.48. The molecule has 0 spiro atoms. The number of aryl methyl sites for hydroxylation is 1. The van der Waals surface area contributed by atoms with Gasteiger partial charge < -0.3 is 28.8 Å². The lowest BCUT2D eigenvalue weighted by Gasteiger charge is -2.41. The first-order valence-corrected chi connectivity index (χ1v) is 14.1. The molecule has 2 aliphatic heterocycles. The average Bonchev–Trinajstić information content (AvgIpc) is 3.17. The first-order chi connectivity index (χ1) is 20.8. The molecular formula is C33H34N2O8. The topological polar surface area (TPSA) is 121 Å². The summed E-state index contributed by atoms with van der Waals surface area (Å²) < 4.78 is 31.7. The lowest BCUT2D eigenvalue weighted by molar-refractivity contribution is -0.188. The fourth-order valence-corrected chi connectivity index (χ4v) is 6.11. The van der Waals surface area contributed by atoms with Gasteiger partial charge in [-0.25, -0.2) is 4.79 Å². The Bertz CT molecular complexity index is 1640. The Morgan fingerprint density at radius 1 is 0.930 bits per heavy atom. The molecule has 0 unspecified atom stereocenters. The number of aliphatic hydroxyl groups excluding tert-OH is 1. The zero-order valence-electron chi connectivity index (χ0n) is 24.2. The van der Waals surface area contributed by atoms with Gasteiger partial charge in [0, 0.05) is 11.8 Å². The second-order valence-corrected chi connectivity index (χ2v) is 11.0. The molecule has 4 atom stereocenters. The first kappa shape index (κ1) is 28.9. The molecule has 3 heterocycles. The van der Waals surface area contributed by atoms with Crippen molar-refractivity contribution in [1.29, 1.82) is 0 Å². The first-order valence-electron chi connectivity index (χ1n) is 14.1. The summed E-state index contributed by atoms with van der Waals surface area (Å²) in [6, 6.07) is 25.1. The quantitative estimate of drug-likeness (QED) is 0.287. The van der Waals surface area contributed by atoms with E-state index in [0.717, 1.165) is 16.7 Å². The van der Waals surface area contributed by atoms with Crippen molar-refractivity contribution in [2.24, 2.45) is 5.92 Å². The zero-order valence-corrected chi connectivity index (χ0v) is 24.2. The van der Waals surface area contributed by atoms with E-state index in [1.807, 2.05) is 78.9 Å². The molecule has 10 heteroatoms. The van der Waals surface area contributed by atoms with Crippen molar-refractivity contribution < 1.29 is 28.8 Å². The summed E-state index contributed by atoms with van der Waals surface area (Å²) in [5.41, 5.74) is -0.671. The molecule has 2 fully saturated rings. The predicted molar refractivity (Wildman–Crippen MR) is 157 cm³/mol. The van der Waals surface area contributed by atoms with Gasteiger partial charge in [0.1, 0.15) is 28.9 Å². The Labute approximate surface area is 248 Å². The molecule has 0 aliphatic carbocycles. The van der Waals surface area contributed by atoms with Crippen LogP contribution in [0.25, 0.3) is 0 Å². The highest BCUT2D eigenvalue weighted by atomic mass is 16.6. The van der Waals surface area contributed by atoms with Crippen LogP contribution in [0.3, 0.4) is 0 Å². The molecule has 10 nitrogen and oxygen atoms in total. The third kappa shape index (κ3) is 4.96. The Balaban J connectivity index is 1.45. The third-order valence-corrected chi connectivity index (χ3v) is 8.45. The van der Waals surface area contributed by atoms with Crippen molar-refractivity contribution in [2.45, 2.75) is 30.5 Å². The van der Waals surface area contributed by atoms with E-state index in [1.165, 1.54) is 10.8 Å². The average molecular weight is 587 g/mol. The summed E-state index contributed by atoms with van der Waals surface area (Å²) in [6.45, 7) is 1.76. The van der Waals surface area contributed by atoms with Crippen LogP contribution in [-0.2, 0) is 19.8 Å². The number of fused-ring (bicyclic) bond motifs is 2. The molecule has 224 valence electrons. The normalized spacial score (nSPS) is 23.2. The molecule has 1 aromatic heterocycles. The molecule has 4 aromatic rings. The van der Waals surface area contributed by atoms with Gasteiger partial charge in [-0.15, -0.1) is 0 Å². The lowest BCUT2D eigenvalue weighted by Crippen LogP contribution is -2.54. The number of methoxy groups -OCH3 is 2. The van der Waals surface area contributed by atoms with Crippen LogP contribution in [0.4, 0.5) is 0 Å². The van der Waals surface area contributed by atoms with E-state index in [2.05, 4.69) is 4.98 Å². The number of nitrogens with one attached hydrogen (secondary N) is 1. The fraction of sp³-hybridized carbons (Fsp3) is 0.333. The molecule has 3 aromatic carbocycles. The van der Waals surface area contributed by atoms with Crippen molar-refractivity contribution in [3.05, 3.63) is 128 Å². The maximum Gasteiger partial charge on any atom is 0.330 e. The Hall–Kier alpha value is -4.22. The monoisotopic (exact) mass is 586 g/mol. The van der Waals surface area contributed by atoms with Gasteiger partial charge >= 0.3 is 5.69 Å². The Kier molecular flexibility index (Phi) is 7.70. The number of hydrogen-bond donors (Lipinski definition) is 2. The van der Waals surface area contributed by atoms with E-state index >= 15 is 0 Å². The van der Waals surface area contributed by atoms with Gasteiger partial charge in [-0.05, 0) is 47.9 Å². The molecule has 0 radical (unpaired) electrons. The number of nitrogens with zero attached hydrogens (tertiary/aromatic N) is 1. The van der Waals surface area contributed by atoms with Crippen molar-refractivity contribution in [2.75, 3.05) is 34.0 Å². The van der Waals surface area contributed by atoms with Gasteiger partial charge in [-0.1, -0.05) is 54.6 Å². The van der Waals surface area contributed by atoms with Crippen molar-refractivity contribution in [3.63, 3.8) is 0 Å². The maximum absolute atomic E-state index is 12.8. The molecule has 2 aliphatic rings. The predicted octanol–water partition coefficient (Wildman–Crippen LogP) is 3.15. The third-order valence-electron chi connectivity index (χ3n) is 8.45. The smallest absolute Gasteiger partial charge is 0.330 e. The molecule has 2 bridgehead atoms. The number of benzene rings is 3. The highest BCUT2D eigenvalue weighted by molar-refractivity contribution is 5.49. The minimum Gasteiger partial charge on any atom is -0.497 e. The molecular weight excluding hydrogens is 552 g/mol. The minimum absolute atomic E-state index is 0.0499. The van der Waals surface area contributed by atoms with Crippen molar-refractivity contribution >= 4 is 0 Å². The second kappa shape index (κ2) is 11.5. The van der Waals surface area contributed by atoms with Gasteiger partial charge in [0.25, 0.3) is 5.56 Å². The largest absolute Gasteiger partial charge is 0.497 e. The number of hydrogen-bond acceptors (Lipinski definition) is 8. The molecule has 43 heavy (non-hydrogen) atoms.